The Morgan fingerprint density at radius 1 is 1.39 bits per heavy atom. The summed E-state index contributed by atoms with van der Waals surface area (Å²) in [6.07, 6.45) is 1.10. The zero-order valence-electron chi connectivity index (χ0n) is 11.2. The standard InChI is InChI=1S/C14H20ClN3/c1-4-7-18-13-6-5-11(15)8-12(13)17-14(18)9-16-10(2)3/h5-6,8,10,16H,4,7,9H2,1-3H3. The highest BCUT2D eigenvalue weighted by Crippen LogP contribution is 2.21. The number of hydrogen-bond acceptors (Lipinski definition) is 2. The van der Waals surface area contributed by atoms with Crippen molar-refractivity contribution in [1.29, 1.82) is 0 Å². The van der Waals surface area contributed by atoms with E-state index < -0.39 is 0 Å². The fourth-order valence-electron chi connectivity index (χ4n) is 2.06. The van der Waals surface area contributed by atoms with E-state index in [9.17, 15) is 0 Å². The molecular weight excluding hydrogens is 246 g/mol. The van der Waals surface area contributed by atoms with E-state index in [4.69, 9.17) is 11.6 Å². The molecule has 1 heterocycles. The van der Waals surface area contributed by atoms with Crippen LogP contribution in [0.15, 0.2) is 18.2 Å². The van der Waals surface area contributed by atoms with Crippen molar-refractivity contribution in [3.8, 4) is 0 Å². The lowest BCUT2D eigenvalue weighted by Gasteiger charge is -2.10. The molecule has 2 rings (SSSR count). The Hall–Kier alpha value is -1.06. The van der Waals surface area contributed by atoms with Crippen LogP contribution in [0.5, 0.6) is 0 Å². The number of imidazole rings is 1. The van der Waals surface area contributed by atoms with Crippen LogP contribution in [0.4, 0.5) is 0 Å². The molecule has 2 aromatic rings. The van der Waals surface area contributed by atoms with E-state index in [1.54, 1.807) is 0 Å². The van der Waals surface area contributed by atoms with Gasteiger partial charge in [0.2, 0.25) is 0 Å². The van der Waals surface area contributed by atoms with Crippen LogP contribution in [0.2, 0.25) is 5.02 Å². The summed E-state index contributed by atoms with van der Waals surface area (Å²) in [7, 11) is 0. The minimum atomic E-state index is 0.462. The molecule has 0 saturated heterocycles. The van der Waals surface area contributed by atoms with Crippen molar-refractivity contribution in [2.45, 2.75) is 46.3 Å². The summed E-state index contributed by atoms with van der Waals surface area (Å²) in [4.78, 5) is 4.68. The van der Waals surface area contributed by atoms with Gasteiger partial charge in [-0.05, 0) is 24.6 Å². The Kier molecular flexibility index (Phi) is 4.25. The predicted octanol–water partition coefficient (Wildman–Crippen LogP) is 3.60. The second-order valence-corrected chi connectivity index (χ2v) is 5.28. The number of aromatic nitrogens is 2. The van der Waals surface area contributed by atoms with Crippen LogP contribution in [0.25, 0.3) is 11.0 Å². The van der Waals surface area contributed by atoms with Crippen molar-refractivity contribution < 1.29 is 0 Å². The highest BCUT2D eigenvalue weighted by atomic mass is 35.5. The monoisotopic (exact) mass is 265 g/mol. The van der Waals surface area contributed by atoms with Gasteiger partial charge in [0.25, 0.3) is 0 Å². The van der Waals surface area contributed by atoms with E-state index >= 15 is 0 Å². The van der Waals surface area contributed by atoms with Gasteiger partial charge in [0.05, 0.1) is 17.6 Å². The topological polar surface area (TPSA) is 29.9 Å². The number of nitrogens with zero attached hydrogens (tertiary/aromatic N) is 2. The number of aryl methyl sites for hydroxylation is 1. The molecule has 18 heavy (non-hydrogen) atoms. The van der Waals surface area contributed by atoms with Gasteiger partial charge in [0, 0.05) is 17.6 Å². The zero-order chi connectivity index (χ0) is 13.1. The van der Waals surface area contributed by atoms with Crippen LogP contribution in [0.3, 0.4) is 0 Å². The lowest BCUT2D eigenvalue weighted by atomic mass is 10.3. The molecule has 0 spiro atoms. The van der Waals surface area contributed by atoms with Crippen LogP contribution < -0.4 is 5.32 Å². The van der Waals surface area contributed by atoms with E-state index in [0.717, 1.165) is 35.9 Å². The molecule has 0 radical (unpaired) electrons. The Morgan fingerprint density at radius 3 is 2.83 bits per heavy atom. The molecule has 0 saturated carbocycles. The van der Waals surface area contributed by atoms with Gasteiger partial charge in [0.1, 0.15) is 5.82 Å². The highest BCUT2D eigenvalue weighted by Gasteiger charge is 2.10. The summed E-state index contributed by atoms with van der Waals surface area (Å²) in [5.41, 5.74) is 2.15. The maximum absolute atomic E-state index is 6.02. The van der Waals surface area contributed by atoms with Gasteiger partial charge < -0.3 is 9.88 Å². The van der Waals surface area contributed by atoms with Crippen molar-refractivity contribution in [2.24, 2.45) is 0 Å². The Bertz CT molecular complexity index is 531. The van der Waals surface area contributed by atoms with Gasteiger partial charge in [-0.2, -0.15) is 0 Å². The Labute approximate surface area is 113 Å². The average molecular weight is 266 g/mol. The van der Waals surface area contributed by atoms with E-state index in [1.165, 1.54) is 5.52 Å². The zero-order valence-corrected chi connectivity index (χ0v) is 12.0. The van der Waals surface area contributed by atoms with Crippen LogP contribution in [-0.2, 0) is 13.1 Å². The van der Waals surface area contributed by atoms with Gasteiger partial charge in [-0.15, -0.1) is 0 Å². The maximum Gasteiger partial charge on any atom is 0.123 e. The van der Waals surface area contributed by atoms with Crippen molar-refractivity contribution in [3.05, 3.63) is 29.0 Å². The molecule has 4 heteroatoms. The lowest BCUT2D eigenvalue weighted by Crippen LogP contribution is -2.24. The number of rotatable bonds is 5. The average Bonchev–Trinajstić information content (AvgIpc) is 2.64. The molecule has 0 aliphatic rings. The van der Waals surface area contributed by atoms with Gasteiger partial charge in [-0.25, -0.2) is 4.98 Å². The fourth-order valence-corrected chi connectivity index (χ4v) is 2.22. The first-order valence-electron chi connectivity index (χ1n) is 6.50. The Balaban J connectivity index is 2.40. The van der Waals surface area contributed by atoms with Crippen LogP contribution in [0, 0.1) is 0 Å². The van der Waals surface area contributed by atoms with Crippen LogP contribution >= 0.6 is 11.6 Å². The third-order valence-electron chi connectivity index (χ3n) is 2.90. The first-order chi connectivity index (χ1) is 8.61. The minimum absolute atomic E-state index is 0.462. The molecule has 3 nitrogen and oxygen atoms in total. The third kappa shape index (κ3) is 2.85. The van der Waals surface area contributed by atoms with Crippen molar-refractivity contribution >= 4 is 22.6 Å². The first kappa shape index (κ1) is 13.4. The van der Waals surface area contributed by atoms with E-state index in [0.29, 0.717) is 6.04 Å². The van der Waals surface area contributed by atoms with E-state index in [2.05, 4.69) is 41.7 Å². The summed E-state index contributed by atoms with van der Waals surface area (Å²) in [5.74, 6) is 1.09. The second-order valence-electron chi connectivity index (χ2n) is 4.85. The third-order valence-corrected chi connectivity index (χ3v) is 3.14. The fraction of sp³-hybridized carbons (Fsp3) is 0.500. The van der Waals surface area contributed by atoms with Crippen LogP contribution in [0.1, 0.15) is 33.0 Å². The largest absolute Gasteiger partial charge is 0.327 e. The molecule has 1 aromatic heterocycles. The van der Waals surface area contributed by atoms with Crippen LogP contribution in [-0.4, -0.2) is 15.6 Å². The summed E-state index contributed by atoms with van der Waals surface area (Å²) in [6, 6.07) is 6.38. The maximum atomic E-state index is 6.02. The molecular formula is C14H20ClN3. The smallest absolute Gasteiger partial charge is 0.123 e. The molecule has 0 aliphatic carbocycles. The molecule has 98 valence electrons. The van der Waals surface area contributed by atoms with Crippen molar-refractivity contribution in [1.82, 2.24) is 14.9 Å². The van der Waals surface area contributed by atoms with Gasteiger partial charge in [-0.1, -0.05) is 32.4 Å². The quantitative estimate of drug-likeness (QED) is 0.895. The molecule has 1 aromatic carbocycles. The first-order valence-corrected chi connectivity index (χ1v) is 6.87. The van der Waals surface area contributed by atoms with Crippen molar-refractivity contribution in [3.63, 3.8) is 0 Å². The summed E-state index contributed by atoms with van der Waals surface area (Å²) in [5, 5.41) is 4.16. The number of fused-ring (bicyclic) bond motifs is 1. The summed E-state index contributed by atoms with van der Waals surface area (Å²) >= 11 is 6.02. The van der Waals surface area contributed by atoms with E-state index in [-0.39, 0.29) is 0 Å². The Morgan fingerprint density at radius 2 is 2.17 bits per heavy atom. The second kappa shape index (κ2) is 5.72. The van der Waals surface area contributed by atoms with Crippen molar-refractivity contribution in [2.75, 3.05) is 0 Å². The summed E-state index contributed by atoms with van der Waals surface area (Å²) in [6.45, 7) is 8.26. The van der Waals surface area contributed by atoms with E-state index in [1.807, 2.05) is 12.1 Å². The molecule has 0 amide bonds. The molecule has 0 aliphatic heterocycles. The van der Waals surface area contributed by atoms with Gasteiger partial charge in [-0.3, -0.25) is 0 Å². The summed E-state index contributed by atoms with van der Waals surface area (Å²) < 4.78 is 2.28. The predicted molar refractivity (Wildman–Crippen MR) is 77.0 cm³/mol. The number of halogens is 1. The highest BCUT2D eigenvalue weighted by molar-refractivity contribution is 6.31. The molecule has 0 fully saturated rings. The number of nitrogens with one attached hydrogen (secondary N) is 1. The molecule has 0 atom stereocenters. The molecule has 0 bridgehead atoms. The molecule has 1 N–H and O–H groups in total. The number of hydrogen-bond donors (Lipinski definition) is 1. The SMILES string of the molecule is CCCn1c(CNC(C)C)nc2cc(Cl)ccc21. The number of benzene rings is 1. The van der Waals surface area contributed by atoms with Gasteiger partial charge in [0.15, 0.2) is 0 Å². The normalized spacial score (nSPS) is 11.6. The lowest BCUT2D eigenvalue weighted by molar-refractivity contribution is 0.546. The molecule has 0 unspecified atom stereocenters. The minimum Gasteiger partial charge on any atom is -0.327 e. The van der Waals surface area contributed by atoms with Gasteiger partial charge >= 0.3 is 0 Å².